The molecular formula is C27H25ClF3N5O3. The highest BCUT2D eigenvalue weighted by molar-refractivity contribution is 6.32. The molecule has 2 aromatic heterocycles. The van der Waals surface area contributed by atoms with E-state index in [1.807, 2.05) is 6.92 Å². The van der Waals surface area contributed by atoms with Crippen molar-refractivity contribution < 1.29 is 27.8 Å². The van der Waals surface area contributed by atoms with Crippen LogP contribution in [0.5, 0.6) is 5.75 Å². The third-order valence-corrected chi connectivity index (χ3v) is 7.36. The van der Waals surface area contributed by atoms with E-state index >= 15 is 0 Å². The Kier molecular flexibility index (Phi) is 7.11. The topological polar surface area (TPSA) is 102 Å². The zero-order chi connectivity index (χ0) is 27.9. The number of aromatic carboxylic acids is 1. The molecule has 0 amide bonds. The first-order chi connectivity index (χ1) is 18.5. The molecule has 0 unspecified atom stereocenters. The van der Waals surface area contributed by atoms with Gasteiger partial charge in [0.2, 0.25) is 5.82 Å². The Morgan fingerprint density at radius 3 is 2.49 bits per heavy atom. The molecule has 12 heteroatoms. The first kappa shape index (κ1) is 26.7. The summed E-state index contributed by atoms with van der Waals surface area (Å²) in [4.78, 5) is 25.0. The molecule has 2 heterocycles. The quantitative estimate of drug-likeness (QED) is 0.253. The Hall–Kier alpha value is -3.86. The highest BCUT2D eigenvalue weighted by Crippen LogP contribution is 2.36. The highest BCUT2D eigenvalue weighted by Gasteiger charge is 2.30. The van der Waals surface area contributed by atoms with Crippen molar-refractivity contribution in [3.8, 4) is 17.1 Å². The molecule has 0 spiro atoms. The van der Waals surface area contributed by atoms with Crippen LogP contribution >= 0.6 is 11.6 Å². The van der Waals surface area contributed by atoms with Gasteiger partial charge in [0.1, 0.15) is 17.1 Å². The van der Waals surface area contributed by atoms with Crippen molar-refractivity contribution in [3.05, 3.63) is 64.4 Å². The number of hydrogen-bond donors (Lipinski definition) is 2. The number of nitrogens with zero attached hydrogens (tertiary/aromatic N) is 4. The zero-order valence-electron chi connectivity index (χ0n) is 21.1. The van der Waals surface area contributed by atoms with Crippen LogP contribution in [0.15, 0.2) is 42.5 Å². The van der Waals surface area contributed by atoms with Crippen LogP contribution in [-0.2, 0) is 12.7 Å². The van der Waals surface area contributed by atoms with Crippen molar-refractivity contribution in [2.45, 2.75) is 44.9 Å². The maximum Gasteiger partial charge on any atom is 0.416 e. The third kappa shape index (κ3) is 5.36. The van der Waals surface area contributed by atoms with Gasteiger partial charge in [-0.25, -0.2) is 19.7 Å². The zero-order valence-corrected chi connectivity index (χ0v) is 21.8. The van der Waals surface area contributed by atoms with Crippen LogP contribution in [0.4, 0.5) is 19.0 Å². The second-order valence-corrected chi connectivity index (χ2v) is 9.97. The van der Waals surface area contributed by atoms with Gasteiger partial charge in [-0.05, 0) is 61.6 Å². The summed E-state index contributed by atoms with van der Waals surface area (Å²) < 4.78 is 46.6. The monoisotopic (exact) mass is 559 g/mol. The number of alkyl halides is 3. The predicted molar refractivity (Wildman–Crippen MR) is 140 cm³/mol. The number of carboxylic acid groups (broad SMARTS) is 1. The molecule has 1 aliphatic carbocycles. The minimum atomic E-state index is -4.46. The SMILES string of the molecule is COc1cc(-c2nc3nc(C(=O)O)nc(N[C@H](C)C4CCC4)c3n2Cc2ccc(C(F)(F)F)cc2)ccc1Cl. The number of hydrogen-bond acceptors (Lipinski definition) is 6. The van der Waals surface area contributed by atoms with E-state index in [0.717, 1.165) is 31.4 Å². The molecule has 2 aromatic carbocycles. The van der Waals surface area contributed by atoms with Crippen LogP contribution in [-0.4, -0.2) is 43.7 Å². The smallest absolute Gasteiger partial charge is 0.416 e. The van der Waals surface area contributed by atoms with E-state index < -0.39 is 23.5 Å². The average Bonchev–Trinajstić information content (AvgIpc) is 3.21. The van der Waals surface area contributed by atoms with Crippen molar-refractivity contribution in [2.24, 2.45) is 5.92 Å². The molecule has 0 radical (unpaired) electrons. The van der Waals surface area contributed by atoms with E-state index in [0.29, 0.717) is 45.0 Å². The molecule has 2 N–H and O–H groups in total. The molecule has 0 bridgehead atoms. The van der Waals surface area contributed by atoms with Crippen molar-refractivity contribution in [3.63, 3.8) is 0 Å². The number of carboxylic acids is 1. The van der Waals surface area contributed by atoms with Gasteiger partial charge in [-0.15, -0.1) is 0 Å². The Morgan fingerprint density at radius 2 is 1.90 bits per heavy atom. The van der Waals surface area contributed by atoms with Gasteiger partial charge in [-0.3, -0.25) is 0 Å². The standard InChI is InChI=1S/C27H25ClF3N5O3/c1-14(16-4-3-5-16)32-22-21-23(34-24(33-22)26(37)38)35-25(17-8-11-19(28)20(12-17)39-2)36(21)13-15-6-9-18(10-7-15)27(29,30)31/h6-12,14,16H,3-5,13H2,1-2H3,(H,37,38)(H,32,33,34)/t14-/m1/s1. The average molecular weight is 560 g/mol. The van der Waals surface area contributed by atoms with Crippen molar-refractivity contribution in [1.29, 1.82) is 0 Å². The third-order valence-electron chi connectivity index (χ3n) is 7.05. The minimum absolute atomic E-state index is 0.00647. The van der Waals surface area contributed by atoms with Crippen molar-refractivity contribution in [2.75, 3.05) is 12.4 Å². The molecule has 4 aromatic rings. The molecular weight excluding hydrogens is 535 g/mol. The first-order valence-electron chi connectivity index (χ1n) is 12.3. The largest absolute Gasteiger partial charge is 0.495 e. The van der Waals surface area contributed by atoms with Gasteiger partial charge in [0.05, 0.1) is 17.7 Å². The molecule has 1 atom stereocenters. The molecule has 1 fully saturated rings. The van der Waals surface area contributed by atoms with Gasteiger partial charge >= 0.3 is 12.1 Å². The second-order valence-electron chi connectivity index (χ2n) is 9.56. The van der Waals surface area contributed by atoms with Crippen LogP contribution < -0.4 is 10.1 Å². The number of methoxy groups -OCH3 is 1. The van der Waals surface area contributed by atoms with Crippen LogP contribution in [0.2, 0.25) is 5.02 Å². The van der Waals surface area contributed by atoms with E-state index in [4.69, 9.17) is 16.3 Å². The maximum atomic E-state index is 13.2. The highest BCUT2D eigenvalue weighted by atomic mass is 35.5. The van der Waals surface area contributed by atoms with Gasteiger partial charge < -0.3 is 19.7 Å². The molecule has 1 saturated carbocycles. The molecule has 1 aliphatic rings. The Balaban J connectivity index is 1.70. The normalized spacial score (nSPS) is 14.7. The summed E-state index contributed by atoms with van der Waals surface area (Å²) in [5.74, 6) is -0.209. The summed E-state index contributed by atoms with van der Waals surface area (Å²) in [6, 6.07) is 9.91. The van der Waals surface area contributed by atoms with Crippen LogP contribution in [0.1, 0.15) is 47.9 Å². The number of imidazole rings is 1. The number of anilines is 1. The maximum absolute atomic E-state index is 13.2. The van der Waals surface area contributed by atoms with Gasteiger partial charge in [-0.1, -0.05) is 30.2 Å². The number of ether oxygens (including phenoxy) is 1. The lowest BCUT2D eigenvalue weighted by Gasteiger charge is -2.32. The number of aromatic nitrogens is 4. The van der Waals surface area contributed by atoms with Gasteiger partial charge in [0, 0.05) is 18.2 Å². The van der Waals surface area contributed by atoms with Crippen LogP contribution in [0, 0.1) is 5.92 Å². The fraction of sp³-hybridized carbons (Fsp3) is 0.333. The summed E-state index contributed by atoms with van der Waals surface area (Å²) in [5, 5.41) is 13.4. The first-order valence-corrected chi connectivity index (χ1v) is 12.7. The minimum Gasteiger partial charge on any atom is -0.495 e. The van der Waals surface area contributed by atoms with E-state index in [1.54, 1.807) is 22.8 Å². The summed E-state index contributed by atoms with van der Waals surface area (Å²) in [6.45, 7) is 2.14. The lowest BCUT2D eigenvalue weighted by atomic mass is 9.80. The number of carbonyl (C=O) groups is 1. The number of fused-ring (bicyclic) bond motifs is 1. The Bertz CT molecular complexity index is 1530. The lowest BCUT2D eigenvalue weighted by Crippen LogP contribution is -2.31. The van der Waals surface area contributed by atoms with Crippen LogP contribution in [0.3, 0.4) is 0 Å². The predicted octanol–water partition coefficient (Wildman–Crippen LogP) is 6.52. The summed E-state index contributed by atoms with van der Waals surface area (Å²) in [6.07, 6.45) is -1.23. The fourth-order valence-electron chi connectivity index (χ4n) is 4.66. The van der Waals surface area contributed by atoms with E-state index in [1.165, 1.54) is 19.2 Å². The van der Waals surface area contributed by atoms with Gasteiger partial charge in [0.15, 0.2) is 11.5 Å². The van der Waals surface area contributed by atoms with E-state index in [-0.39, 0.29) is 18.2 Å². The number of benzene rings is 2. The van der Waals surface area contributed by atoms with Crippen molar-refractivity contribution >= 4 is 34.6 Å². The summed E-state index contributed by atoms with van der Waals surface area (Å²) in [5.41, 5.74) is 0.993. The van der Waals surface area contributed by atoms with Gasteiger partial charge in [0.25, 0.3) is 0 Å². The number of nitrogens with one attached hydrogen (secondary N) is 1. The van der Waals surface area contributed by atoms with Crippen LogP contribution in [0.25, 0.3) is 22.6 Å². The summed E-state index contributed by atoms with van der Waals surface area (Å²) in [7, 11) is 1.48. The second kappa shape index (κ2) is 10.4. The molecule has 204 valence electrons. The van der Waals surface area contributed by atoms with E-state index in [9.17, 15) is 23.1 Å². The molecule has 0 saturated heterocycles. The number of rotatable bonds is 8. The molecule has 8 nitrogen and oxygen atoms in total. The Labute approximate surface area is 226 Å². The molecule has 5 rings (SSSR count). The van der Waals surface area contributed by atoms with Gasteiger partial charge in [-0.2, -0.15) is 13.2 Å². The fourth-order valence-corrected chi connectivity index (χ4v) is 4.86. The Morgan fingerprint density at radius 1 is 1.18 bits per heavy atom. The lowest BCUT2D eigenvalue weighted by molar-refractivity contribution is -0.137. The van der Waals surface area contributed by atoms with E-state index in [2.05, 4.69) is 20.3 Å². The summed E-state index contributed by atoms with van der Waals surface area (Å²) >= 11 is 6.23. The number of halogens is 4. The van der Waals surface area contributed by atoms with Crippen molar-refractivity contribution in [1.82, 2.24) is 19.5 Å². The molecule has 0 aliphatic heterocycles. The molecule has 39 heavy (non-hydrogen) atoms.